The number of aryl methyl sites for hydroxylation is 1. The molecular weight excluding hydrogens is 481 g/mol. The first kappa shape index (κ1) is 24.3. The van der Waals surface area contributed by atoms with E-state index in [1.54, 1.807) is 37.3 Å². The zero-order valence-corrected chi connectivity index (χ0v) is 19.8. The molecule has 0 fully saturated rings. The van der Waals surface area contributed by atoms with Crippen LogP contribution < -0.4 is 0 Å². The van der Waals surface area contributed by atoms with E-state index >= 15 is 0 Å². The Morgan fingerprint density at radius 3 is 1.69 bits per heavy atom. The first-order valence-corrected chi connectivity index (χ1v) is 14.2. The number of benzene rings is 3. The van der Waals surface area contributed by atoms with Crippen LogP contribution in [0.5, 0.6) is 0 Å². The van der Waals surface area contributed by atoms with Gasteiger partial charge in [-0.1, -0.05) is 18.2 Å². The molecule has 0 saturated carbocycles. The van der Waals surface area contributed by atoms with Crippen LogP contribution in [-0.4, -0.2) is 29.3 Å². The van der Waals surface area contributed by atoms with E-state index in [0.29, 0.717) is 21.4 Å². The molecule has 0 saturated heterocycles. The van der Waals surface area contributed by atoms with Crippen molar-refractivity contribution in [3.8, 4) is 0 Å². The molecule has 4 nitrogen and oxygen atoms in total. The second-order valence-corrected chi connectivity index (χ2v) is 13.2. The summed E-state index contributed by atoms with van der Waals surface area (Å²) < 4.78 is 89.8. The molecule has 0 heterocycles. The lowest BCUT2D eigenvalue weighted by Crippen LogP contribution is -2.16. The first-order chi connectivity index (χ1) is 14.7. The Morgan fingerprint density at radius 1 is 0.719 bits per heavy atom. The summed E-state index contributed by atoms with van der Waals surface area (Å²) in [6, 6.07) is 15.9. The minimum atomic E-state index is -4.79. The fourth-order valence-corrected chi connectivity index (χ4v) is 6.86. The third-order valence-corrected chi connectivity index (χ3v) is 9.34. The largest absolute Gasteiger partial charge is 0.421 e. The van der Waals surface area contributed by atoms with Crippen molar-refractivity contribution < 1.29 is 30.0 Å². The number of sulfone groups is 2. The van der Waals surface area contributed by atoms with E-state index in [-0.39, 0.29) is 9.79 Å². The number of hydrogen-bond donors (Lipinski definition) is 0. The second-order valence-electron chi connectivity index (χ2n) is 7.25. The lowest BCUT2D eigenvalue weighted by atomic mass is 10.2. The summed E-state index contributed by atoms with van der Waals surface area (Å²) in [4.78, 5) is 0.654. The molecule has 0 aliphatic rings. The Labute approximate surface area is 188 Å². The van der Waals surface area contributed by atoms with Gasteiger partial charge in [-0.05, 0) is 55.5 Å². The van der Waals surface area contributed by atoms with E-state index in [1.165, 1.54) is 30.3 Å². The molecule has 1 unspecified atom stereocenters. The predicted molar refractivity (Wildman–Crippen MR) is 117 cm³/mol. The number of hydrogen-bond acceptors (Lipinski definition) is 4. The van der Waals surface area contributed by atoms with Crippen molar-refractivity contribution in [3.63, 3.8) is 0 Å². The highest BCUT2D eigenvalue weighted by Crippen LogP contribution is 2.42. The molecule has 3 aromatic carbocycles. The fourth-order valence-electron chi connectivity index (χ4n) is 3.15. The maximum Gasteiger partial charge on any atom is 0.421 e. The summed E-state index contributed by atoms with van der Waals surface area (Å²) in [6.45, 7) is 1.64. The zero-order valence-electron chi connectivity index (χ0n) is 17.3. The van der Waals surface area contributed by atoms with Crippen molar-refractivity contribution in [1.29, 1.82) is 0 Å². The van der Waals surface area contributed by atoms with E-state index in [1.807, 2.05) is 0 Å². The molecule has 0 aliphatic heterocycles. The summed E-state index contributed by atoms with van der Waals surface area (Å²) in [5.74, 6) is 0. The van der Waals surface area contributed by atoms with Crippen LogP contribution in [0.3, 0.4) is 0 Å². The standard InChI is InChI=1S/C22H20F3O4S3/c1-15-13-17(31(2,26)27)9-11-20(15)30(16-7-5-4-6-8-16)21-12-10-18(32(3,28)29)14-19(21)22(23,24)25/h4-14H,1-3H3/q+1. The molecule has 170 valence electrons. The number of rotatable bonds is 5. The number of halogens is 3. The van der Waals surface area contributed by atoms with Crippen molar-refractivity contribution in [2.45, 2.75) is 37.6 Å². The van der Waals surface area contributed by atoms with Crippen LogP contribution in [0.2, 0.25) is 0 Å². The Morgan fingerprint density at radius 2 is 1.22 bits per heavy atom. The van der Waals surface area contributed by atoms with Crippen LogP contribution in [-0.2, 0) is 36.7 Å². The summed E-state index contributed by atoms with van der Waals surface area (Å²) in [5.41, 5.74) is -0.528. The van der Waals surface area contributed by atoms with Gasteiger partial charge in [0.05, 0.1) is 9.79 Å². The van der Waals surface area contributed by atoms with Gasteiger partial charge in [-0.2, -0.15) is 13.2 Å². The molecule has 0 bridgehead atoms. The quantitative estimate of drug-likeness (QED) is 0.466. The first-order valence-electron chi connectivity index (χ1n) is 9.21. The summed E-state index contributed by atoms with van der Waals surface area (Å²) >= 11 is 0. The SMILES string of the molecule is Cc1cc(S(C)(=O)=O)ccc1[S+](c1ccccc1)c1ccc(S(C)(=O)=O)cc1C(F)(F)F. The summed E-state index contributed by atoms with van der Waals surface area (Å²) in [7, 11) is -8.61. The molecule has 0 aromatic heterocycles. The van der Waals surface area contributed by atoms with Gasteiger partial charge in [-0.15, -0.1) is 0 Å². The predicted octanol–water partition coefficient (Wildman–Crippen LogP) is 4.92. The maximum atomic E-state index is 14.1. The summed E-state index contributed by atoms with van der Waals surface area (Å²) in [5, 5.41) is 0. The molecule has 0 N–H and O–H groups in total. The van der Waals surface area contributed by atoms with Crippen molar-refractivity contribution in [2.75, 3.05) is 12.5 Å². The van der Waals surface area contributed by atoms with Gasteiger partial charge in [0.15, 0.2) is 34.4 Å². The van der Waals surface area contributed by atoms with Crippen LogP contribution >= 0.6 is 0 Å². The lowest BCUT2D eigenvalue weighted by molar-refractivity contribution is -0.139. The van der Waals surface area contributed by atoms with E-state index < -0.39 is 47.2 Å². The van der Waals surface area contributed by atoms with Gasteiger partial charge < -0.3 is 0 Å². The van der Waals surface area contributed by atoms with Gasteiger partial charge in [-0.25, -0.2) is 16.8 Å². The van der Waals surface area contributed by atoms with Crippen LogP contribution in [0.4, 0.5) is 13.2 Å². The van der Waals surface area contributed by atoms with Gasteiger partial charge in [0, 0.05) is 18.1 Å². The number of alkyl halides is 3. The minimum absolute atomic E-state index is 0.0684. The fraction of sp³-hybridized carbons (Fsp3) is 0.182. The van der Waals surface area contributed by atoms with Gasteiger partial charge >= 0.3 is 6.18 Å². The van der Waals surface area contributed by atoms with Crippen LogP contribution in [0.1, 0.15) is 11.1 Å². The Kier molecular flexibility index (Phi) is 6.52. The van der Waals surface area contributed by atoms with Gasteiger partial charge in [0.25, 0.3) is 0 Å². The highest BCUT2D eigenvalue weighted by Gasteiger charge is 2.43. The molecule has 1 atom stereocenters. The monoisotopic (exact) mass is 501 g/mol. The van der Waals surface area contributed by atoms with Crippen molar-refractivity contribution >= 4 is 30.6 Å². The Hall–Kier alpha value is -2.30. The molecule has 0 spiro atoms. The normalized spacial score (nSPS) is 13.7. The average molecular weight is 502 g/mol. The Bertz CT molecular complexity index is 1370. The van der Waals surface area contributed by atoms with Gasteiger partial charge in [-0.3, -0.25) is 0 Å². The molecule has 10 heteroatoms. The third kappa shape index (κ3) is 5.19. The highest BCUT2D eigenvalue weighted by molar-refractivity contribution is 7.97. The topological polar surface area (TPSA) is 68.3 Å². The van der Waals surface area contributed by atoms with Crippen molar-refractivity contribution in [2.24, 2.45) is 0 Å². The molecule has 32 heavy (non-hydrogen) atoms. The van der Waals surface area contributed by atoms with E-state index in [0.717, 1.165) is 12.5 Å². The molecule has 0 radical (unpaired) electrons. The molecule has 3 aromatic rings. The van der Waals surface area contributed by atoms with E-state index in [4.69, 9.17) is 0 Å². The molecule has 0 aliphatic carbocycles. The zero-order chi connectivity index (χ0) is 23.9. The lowest BCUT2D eigenvalue weighted by Gasteiger charge is -2.16. The highest BCUT2D eigenvalue weighted by atomic mass is 32.2. The van der Waals surface area contributed by atoms with Crippen LogP contribution in [0.15, 0.2) is 91.2 Å². The maximum absolute atomic E-state index is 14.1. The van der Waals surface area contributed by atoms with Crippen LogP contribution in [0, 0.1) is 6.92 Å². The molecule has 3 rings (SSSR count). The Balaban J connectivity index is 2.35. The summed E-state index contributed by atoms with van der Waals surface area (Å²) in [6.07, 6.45) is -2.88. The van der Waals surface area contributed by atoms with Crippen molar-refractivity contribution in [3.05, 3.63) is 77.9 Å². The average Bonchev–Trinajstić information content (AvgIpc) is 2.68. The smallest absolute Gasteiger partial charge is 0.224 e. The second kappa shape index (κ2) is 8.57. The molecule has 0 amide bonds. The van der Waals surface area contributed by atoms with Gasteiger partial charge in [0.2, 0.25) is 0 Å². The van der Waals surface area contributed by atoms with Crippen molar-refractivity contribution in [1.82, 2.24) is 0 Å². The minimum Gasteiger partial charge on any atom is -0.224 e. The molecular formula is C22H20F3O4S3+. The van der Waals surface area contributed by atoms with Crippen LogP contribution in [0.25, 0.3) is 0 Å². The third-order valence-electron chi connectivity index (χ3n) is 4.68. The van der Waals surface area contributed by atoms with E-state index in [2.05, 4.69) is 0 Å². The van der Waals surface area contributed by atoms with Gasteiger partial charge in [0.1, 0.15) is 16.5 Å². The van der Waals surface area contributed by atoms with E-state index in [9.17, 15) is 30.0 Å².